The van der Waals surface area contributed by atoms with E-state index in [9.17, 15) is 22.4 Å². The Balaban J connectivity index is 2.17. The summed E-state index contributed by atoms with van der Waals surface area (Å²) in [6, 6.07) is 1.87. The zero-order valence-corrected chi connectivity index (χ0v) is 9.76. The van der Waals surface area contributed by atoms with E-state index in [0.29, 0.717) is 37.6 Å². The standard InChI is InChI=1S/C12H11F4NO2/c13-8-4-3-7(12(14,15)16)6-9(8)17-11(18)10-2-1-5-19-10/h3-4,6,10H,1-2,5H2,(H,17,18). The number of carbonyl (C=O) groups is 1. The van der Waals surface area contributed by atoms with Crippen LogP contribution < -0.4 is 5.32 Å². The van der Waals surface area contributed by atoms with Crippen molar-refractivity contribution in [2.75, 3.05) is 11.9 Å². The van der Waals surface area contributed by atoms with Crippen molar-refractivity contribution in [3.8, 4) is 0 Å². The number of benzene rings is 1. The van der Waals surface area contributed by atoms with Crippen molar-refractivity contribution in [1.29, 1.82) is 0 Å². The first-order valence-corrected chi connectivity index (χ1v) is 5.67. The van der Waals surface area contributed by atoms with Crippen molar-refractivity contribution in [3.05, 3.63) is 29.6 Å². The molecule has 3 nitrogen and oxygen atoms in total. The molecule has 0 aliphatic carbocycles. The highest BCUT2D eigenvalue weighted by molar-refractivity contribution is 5.94. The lowest BCUT2D eigenvalue weighted by atomic mass is 10.1. The van der Waals surface area contributed by atoms with Crippen LogP contribution in [0.3, 0.4) is 0 Å². The Morgan fingerprint density at radius 3 is 2.68 bits per heavy atom. The highest BCUT2D eigenvalue weighted by atomic mass is 19.4. The quantitative estimate of drug-likeness (QED) is 0.844. The van der Waals surface area contributed by atoms with Gasteiger partial charge in [0, 0.05) is 6.61 Å². The highest BCUT2D eigenvalue weighted by Crippen LogP contribution is 2.32. The lowest BCUT2D eigenvalue weighted by molar-refractivity contribution is -0.137. The van der Waals surface area contributed by atoms with Gasteiger partial charge in [-0.05, 0) is 31.0 Å². The Morgan fingerprint density at radius 2 is 2.11 bits per heavy atom. The molecule has 1 aromatic carbocycles. The van der Waals surface area contributed by atoms with Gasteiger partial charge < -0.3 is 10.1 Å². The molecule has 1 aliphatic rings. The van der Waals surface area contributed by atoms with Gasteiger partial charge >= 0.3 is 6.18 Å². The Hall–Kier alpha value is -1.63. The van der Waals surface area contributed by atoms with Gasteiger partial charge in [-0.25, -0.2) is 4.39 Å². The van der Waals surface area contributed by atoms with Crippen LogP contribution in [0, 0.1) is 5.82 Å². The van der Waals surface area contributed by atoms with Gasteiger partial charge in [0.25, 0.3) is 5.91 Å². The number of rotatable bonds is 2. The minimum Gasteiger partial charge on any atom is -0.368 e. The minimum atomic E-state index is -4.59. The minimum absolute atomic E-state index is 0.420. The molecule has 1 amide bonds. The molecule has 1 saturated heterocycles. The van der Waals surface area contributed by atoms with Crippen molar-refractivity contribution in [2.45, 2.75) is 25.1 Å². The Morgan fingerprint density at radius 1 is 1.37 bits per heavy atom. The fourth-order valence-electron chi connectivity index (χ4n) is 1.80. The summed E-state index contributed by atoms with van der Waals surface area (Å²) in [5, 5.41) is 2.13. The van der Waals surface area contributed by atoms with Crippen LogP contribution in [-0.4, -0.2) is 18.6 Å². The summed E-state index contributed by atoms with van der Waals surface area (Å²) in [5.41, 5.74) is -1.51. The molecule has 7 heteroatoms. The summed E-state index contributed by atoms with van der Waals surface area (Å²) >= 11 is 0. The number of anilines is 1. The monoisotopic (exact) mass is 277 g/mol. The molecule has 19 heavy (non-hydrogen) atoms. The van der Waals surface area contributed by atoms with Crippen LogP contribution in [0.5, 0.6) is 0 Å². The van der Waals surface area contributed by atoms with E-state index in [2.05, 4.69) is 5.32 Å². The fraction of sp³-hybridized carbons (Fsp3) is 0.417. The first-order chi connectivity index (χ1) is 8.88. The number of ether oxygens (including phenoxy) is 1. The van der Waals surface area contributed by atoms with Crippen LogP contribution in [0.2, 0.25) is 0 Å². The SMILES string of the molecule is O=C(Nc1cc(C(F)(F)F)ccc1F)C1CCCO1. The molecule has 1 aliphatic heterocycles. The molecule has 0 saturated carbocycles. The number of halogens is 4. The molecule has 104 valence electrons. The average molecular weight is 277 g/mol. The molecule has 1 aromatic rings. The normalized spacial score (nSPS) is 19.5. The smallest absolute Gasteiger partial charge is 0.368 e. The van der Waals surface area contributed by atoms with Crippen LogP contribution in [0.15, 0.2) is 18.2 Å². The van der Waals surface area contributed by atoms with Crippen LogP contribution in [0.25, 0.3) is 0 Å². The van der Waals surface area contributed by atoms with Crippen molar-refractivity contribution < 1.29 is 27.1 Å². The molecule has 1 atom stereocenters. The van der Waals surface area contributed by atoms with E-state index in [0.717, 1.165) is 0 Å². The molecule has 0 bridgehead atoms. The third-order valence-corrected chi connectivity index (χ3v) is 2.77. The van der Waals surface area contributed by atoms with Crippen molar-refractivity contribution in [1.82, 2.24) is 0 Å². The van der Waals surface area contributed by atoms with E-state index in [1.54, 1.807) is 0 Å². The molecule has 0 radical (unpaired) electrons. The third kappa shape index (κ3) is 3.23. The molecular formula is C12H11F4NO2. The summed E-state index contributed by atoms with van der Waals surface area (Å²) in [4.78, 5) is 11.6. The zero-order chi connectivity index (χ0) is 14.0. The maximum Gasteiger partial charge on any atom is 0.416 e. The van der Waals surface area contributed by atoms with Crippen LogP contribution in [0.4, 0.5) is 23.2 Å². The lowest BCUT2D eigenvalue weighted by Crippen LogP contribution is -2.27. The molecule has 1 N–H and O–H groups in total. The summed E-state index contributed by atoms with van der Waals surface area (Å²) in [5.74, 6) is -1.55. The largest absolute Gasteiger partial charge is 0.416 e. The van der Waals surface area contributed by atoms with Crippen LogP contribution >= 0.6 is 0 Å². The number of alkyl halides is 3. The zero-order valence-electron chi connectivity index (χ0n) is 9.76. The molecule has 1 unspecified atom stereocenters. The number of amides is 1. The molecule has 0 spiro atoms. The van der Waals surface area contributed by atoms with Gasteiger partial charge in [-0.15, -0.1) is 0 Å². The predicted molar refractivity (Wildman–Crippen MR) is 59.0 cm³/mol. The number of hydrogen-bond acceptors (Lipinski definition) is 2. The average Bonchev–Trinajstić information content (AvgIpc) is 2.84. The second-order valence-corrected chi connectivity index (χ2v) is 4.18. The van der Waals surface area contributed by atoms with E-state index in [1.807, 2.05) is 0 Å². The Kier molecular flexibility index (Phi) is 3.75. The van der Waals surface area contributed by atoms with Crippen molar-refractivity contribution in [2.24, 2.45) is 0 Å². The third-order valence-electron chi connectivity index (χ3n) is 2.77. The second-order valence-electron chi connectivity index (χ2n) is 4.18. The van der Waals surface area contributed by atoms with Crippen molar-refractivity contribution >= 4 is 11.6 Å². The summed E-state index contributed by atoms with van der Waals surface area (Å²) in [6.45, 7) is 0.420. The van der Waals surface area contributed by atoms with Gasteiger partial charge in [0.1, 0.15) is 11.9 Å². The predicted octanol–water partition coefficient (Wildman–Crippen LogP) is 2.96. The summed E-state index contributed by atoms with van der Waals surface area (Å²) in [6.07, 6.45) is -4.14. The van der Waals surface area contributed by atoms with Gasteiger partial charge in [0.05, 0.1) is 11.3 Å². The number of carbonyl (C=O) groups excluding carboxylic acids is 1. The highest BCUT2D eigenvalue weighted by Gasteiger charge is 2.32. The maximum atomic E-state index is 13.4. The number of hydrogen-bond donors (Lipinski definition) is 1. The van der Waals surface area contributed by atoms with Gasteiger partial charge in [-0.3, -0.25) is 4.79 Å². The molecule has 0 aromatic heterocycles. The maximum absolute atomic E-state index is 13.4. The first-order valence-electron chi connectivity index (χ1n) is 5.67. The van der Waals surface area contributed by atoms with E-state index in [-0.39, 0.29) is 0 Å². The van der Waals surface area contributed by atoms with Gasteiger partial charge in [0.2, 0.25) is 0 Å². The topological polar surface area (TPSA) is 38.3 Å². The van der Waals surface area contributed by atoms with E-state index >= 15 is 0 Å². The molecule has 1 fully saturated rings. The Bertz CT molecular complexity index is 481. The van der Waals surface area contributed by atoms with E-state index in [4.69, 9.17) is 4.74 Å². The van der Waals surface area contributed by atoms with E-state index < -0.39 is 35.3 Å². The van der Waals surface area contributed by atoms with E-state index in [1.165, 1.54) is 0 Å². The molecule has 2 rings (SSSR count). The van der Waals surface area contributed by atoms with Crippen LogP contribution in [0.1, 0.15) is 18.4 Å². The first kappa shape index (κ1) is 13.8. The molecular weight excluding hydrogens is 266 g/mol. The summed E-state index contributed by atoms with van der Waals surface area (Å²) in [7, 11) is 0. The van der Waals surface area contributed by atoms with Gasteiger partial charge in [-0.2, -0.15) is 13.2 Å². The number of nitrogens with one attached hydrogen (secondary N) is 1. The Labute approximate surface area is 106 Å². The van der Waals surface area contributed by atoms with Gasteiger partial charge in [-0.1, -0.05) is 0 Å². The lowest BCUT2D eigenvalue weighted by Gasteiger charge is -2.13. The summed E-state index contributed by atoms with van der Waals surface area (Å²) < 4.78 is 55.9. The fourth-order valence-corrected chi connectivity index (χ4v) is 1.80. The van der Waals surface area contributed by atoms with Crippen LogP contribution in [-0.2, 0) is 15.7 Å². The van der Waals surface area contributed by atoms with Crippen molar-refractivity contribution in [3.63, 3.8) is 0 Å². The van der Waals surface area contributed by atoms with Gasteiger partial charge in [0.15, 0.2) is 0 Å². The second kappa shape index (κ2) is 5.16. The molecule has 1 heterocycles.